The summed E-state index contributed by atoms with van der Waals surface area (Å²) in [6.45, 7) is 3.63. The van der Waals surface area contributed by atoms with Crippen molar-refractivity contribution >= 4 is 5.91 Å². The fraction of sp³-hybridized carbons (Fsp3) is 0.625. The van der Waals surface area contributed by atoms with Gasteiger partial charge in [0.05, 0.1) is 0 Å². The molecule has 0 spiro atoms. The zero-order valence-corrected chi connectivity index (χ0v) is 6.10. The molecule has 10 heavy (non-hydrogen) atoms. The predicted octanol–water partition coefficient (Wildman–Crippen LogP) is 1.23. The molecule has 56 valence electrons. The number of carbonyl (C=O) groups excluding carboxylic acids is 1. The number of carbonyl (C=O) groups is 1. The second-order valence-electron chi connectivity index (χ2n) is 2.67. The maximum Gasteiger partial charge on any atom is 0.220 e. The summed E-state index contributed by atoms with van der Waals surface area (Å²) in [4.78, 5) is 10.7. The average molecular weight is 139 g/mol. The summed E-state index contributed by atoms with van der Waals surface area (Å²) in [6, 6.07) is 0.422. The zero-order valence-electron chi connectivity index (χ0n) is 6.10. The SMILES string of the molecule is C=CCC[C@@H]1CCC(=O)N1. The number of hydrogen-bond acceptors (Lipinski definition) is 1. The second-order valence-corrected chi connectivity index (χ2v) is 2.67. The molecule has 1 heterocycles. The molecule has 2 nitrogen and oxygen atoms in total. The van der Waals surface area contributed by atoms with Crippen LogP contribution in [0.4, 0.5) is 0 Å². The van der Waals surface area contributed by atoms with Crippen molar-refractivity contribution in [2.45, 2.75) is 31.7 Å². The molecule has 1 fully saturated rings. The molecule has 2 heteroatoms. The Labute approximate surface area is 61.3 Å². The van der Waals surface area contributed by atoms with Crippen LogP contribution in [-0.4, -0.2) is 11.9 Å². The first-order valence-corrected chi connectivity index (χ1v) is 3.73. The molecule has 1 atom stereocenters. The van der Waals surface area contributed by atoms with Crippen LogP contribution in [0.1, 0.15) is 25.7 Å². The molecule has 0 bridgehead atoms. The van der Waals surface area contributed by atoms with Crippen LogP contribution in [-0.2, 0) is 4.79 Å². The van der Waals surface area contributed by atoms with Gasteiger partial charge < -0.3 is 5.32 Å². The summed E-state index contributed by atoms with van der Waals surface area (Å²) in [5, 5.41) is 2.90. The maximum absolute atomic E-state index is 10.7. The summed E-state index contributed by atoms with van der Waals surface area (Å²) in [7, 11) is 0. The lowest BCUT2D eigenvalue weighted by Gasteiger charge is -2.05. The number of amides is 1. The van der Waals surface area contributed by atoms with E-state index in [1.54, 1.807) is 0 Å². The van der Waals surface area contributed by atoms with Crippen molar-refractivity contribution in [3.63, 3.8) is 0 Å². The number of allylic oxidation sites excluding steroid dienone is 1. The van der Waals surface area contributed by atoms with Gasteiger partial charge in [0.2, 0.25) is 5.91 Å². The summed E-state index contributed by atoms with van der Waals surface area (Å²) in [5.41, 5.74) is 0. The van der Waals surface area contributed by atoms with Crippen LogP contribution < -0.4 is 5.32 Å². The van der Waals surface area contributed by atoms with E-state index < -0.39 is 0 Å². The first-order chi connectivity index (χ1) is 4.83. The molecule has 1 saturated heterocycles. The smallest absolute Gasteiger partial charge is 0.220 e. The van der Waals surface area contributed by atoms with E-state index in [1.165, 1.54) is 0 Å². The Kier molecular flexibility index (Phi) is 2.49. The molecule has 1 rings (SSSR count). The minimum Gasteiger partial charge on any atom is -0.353 e. The van der Waals surface area contributed by atoms with Crippen molar-refractivity contribution in [2.75, 3.05) is 0 Å². The minimum absolute atomic E-state index is 0.203. The normalized spacial score (nSPS) is 24.4. The van der Waals surface area contributed by atoms with Crippen LogP contribution in [0.25, 0.3) is 0 Å². The van der Waals surface area contributed by atoms with Gasteiger partial charge in [0.1, 0.15) is 0 Å². The fourth-order valence-electron chi connectivity index (χ4n) is 1.21. The molecule has 0 saturated carbocycles. The quantitative estimate of drug-likeness (QED) is 0.585. The number of nitrogens with one attached hydrogen (secondary N) is 1. The van der Waals surface area contributed by atoms with Crippen LogP contribution in [0.2, 0.25) is 0 Å². The van der Waals surface area contributed by atoms with Crippen molar-refractivity contribution in [1.82, 2.24) is 5.32 Å². The van der Waals surface area contributed by atoms with Crippen molar-refractivity contribution in [3.8, 4) is 0 Å². The maximum atomic E-state index is 10.7. The molecule has 1 aliphatic rings. The second kappa shape index (κ2) is 3.40. The molecule has 0 radical (unpaired) electrons. The van der Waals surface area contributed by atoms with Gasteiger partial charge in [-0.05, 0) is 19.3 Å². The first kappa shape index (κ1) is 7.32. The van der Waals surface area contributed by atoms with E-state index in [2.05, 4.69) is 11.9 Å². The lowest BCUT2D eigenvalue weighted by molar-refractivity contribution is -0.119. The van der Waals surface area contributed by atoms with E-state index in [1.807, 2.05) is 6.08 Å². The fourth-order valence-corrected chi connectivity index (χ4v) is 1.21. The Bertz CT molecular complexity index is 142. The largest absolute Gasteiger partial charge is 0.353 e. The summed E-state index contributed by atoms with van der Waals surface area (Å²) >= 11 is 0. The van der Waals surface area contributed by atoms with E-state index in [9.17, 15) is 4.79 Å². The van der Waals surface area contributed by atoms with Gasteiger partial charge in [-0.3, -0.25) is 4.79 Å². The third-order valence-corrected chi connectivity index (χ3v) is 1.80. The van der Waals surface area contributed by atoms with E-state index >= 15 is 0 Å². The van der Waals surface area contributed by atoms with Crippen LogP contribution >= 0.6 is 0 Å². The van der Waals surface area contributed by atoms with E-state index in [-0.39, 0.29) is 5.91 Å². The monoisotopic (exact) mass is 139 g/mol. The molecule has 1 N–H and O–H groups in total. The van der Waals surface area contributed by atoms with Gasteiger partial charge in [-0.15, -0.1) is 6.58 Å². The number of rotatable bonds is 3. The molecule has 0 unspecified atom stereocenters. The molecule has 0 aromatic carbocycles. The lowest BCUT2D eigenvalue weighted by atomic mass is 10.1. The van der Waals surface area contributed by atoms with Crippen molar-refractivity contribution in [1.29, 1.82) is 0 Å². The Morgan fingerprint density at radius 1 is 1.80 bits per heavy atom. The van der Waals surface area contributed by atoms with Crippen molar-refractivity contribution < 1.29 is 4.79 Å². The molecule has 1 amide bonds. The third-order valence-electron chi connectivity index (χ3n) is 1.80. The standard InChI is InChI=1S/C8H13NO/c1-2-3-4-7-5-6-8(10)9-7/h2,7H,1,3-6H2,(H,9,10)/t7-/m1/s1. The molecule has 1 aliphatic heterocycles. The topological polar surface area (TPSA) is 29.1 Å². The van der Waals surface area contributed by atoms with Gasteiger partial charge in [0.25, 0.3) is 0 Å². The molecular formula is C8H13NO. The van der Waals surface area contributed by atoms with Crippen molar-refractivity contribution in [3.05, 3.63) is 12.7 Å². The zero-order chi connectivity index (χ0) is 7.40. The highest BCUT2D eigenvalue weighted by atomic mass is 16.1. The minimum atomic E-state index is 0.203. The van der Waals surface area contributed by atoms with Crippen molar-refractivity contribution in [2.24, 2.45) is 0 Å². The van der Waals surface area contributed by atoms with Gasteiger partial charge in [-0.2, -0.15) is 0 Å². The lowest BCUT2D eigenvalue weighted by Crippen LogP contribution is -2.24. The Morgan fingerprint density at radius 3 is 3.10 bits per heavy atom. The predicted molar refractivity (Wildman–Crippen MR) is 40.6 cm³/mol. The summed E-state index contributed by atoms with van der Waals surface area (Å²) in [6.07, 6.45) is 5.67. The van der Waals surface area contributed by atoms with E-state index in [4.69, 9.17) is 0 Å². The average Bonchev–Trinajstić information content (AvgIpc) is 2.31. The Balaban J connectivity index is 2.18. The summed E-state index contributed by atoms with van der Waals surface area (Å²) < 4.78 is 0. The number of hydrogen-bond donors (Lipinski definition) is 1. The highest BCUT2D eigenvalue weighted by molar-refractivity contribution is 5.78. The molecule has 0 aliphatic carbocycles. The Morgan fingerprint density at radius 2 is 2.60 bits per heavy atom. The van der Waals surface area contributed by atoms with Gasteiger partial charge >= 0.3 is 0 Å². The van der Waals surface area contributed by atoms with Crippen LogP contribution in [0.3, 0.4) is 0 Å². The third kappa shape index (κ3) is 1.87. The van der Waals surface area contributed by atoms with Gasteiger partial charge in [-0.1, -0.05) is 6.08 Å². The highest BCUT2D eigenvalue weighted by Gasteiger charge is 2.18. The van der Waals surface area contributed by atoms with Gasteiger partial charge in [-0.25, -0.2) is 0 Å². The van der Waals surface area contributed by atoms with Crippen LogP contribution in [0, 0.1) is 0 Å². The molecule has 0 aromatic rings. The van der Waals surface area contributed by atoms with Gasteiger partial charge in [0.15, 0.2) is 0 Å². The van der Waals surface area contributed by atoms with E-state index in [0.717, 1.165) is 19.3 Å². The van der Waals surface area contributed by atoms with Crippen LogP contribution in [0.5, 0.6) is 0 Å². The van der Waals surface area contributed by atoms with E-state index in [0.29, 0.717) is 12.5 Å². The molecular weight excluding hydrogens is 126 g/mol. The molecule has 0 aromatic heterocycles. The Hall–Kier alpha value is -0.790. The van der Waals surface area contributed by atoms with Crippen LogP contribution in [0.15, 0.2) is 12.7 Å². The highest BCUT2D eigenvalue weighted by Crippen LogP contribution is 2.11. The van der Waals surface area contributed by atoms with Gasteiger partial charge in [0, 0.05) is 12.5 Å². The first-order valence-electron chi connectivity index (χ1n) is 3.73. The summed E-state index contributed by atoms with van der Waals surface area (Å²) in [5.74, 6) is 0.203.